The Balaban J connectivity index is 2.26. The van der Waals surface area contributed by atoms with E-state index in [2.05, 4.69) is 10.9 Å². The van der Waals surface area contributed by atoms with Crippen LogP contribution in [-0.4, -0.2) is 4.98 Å². The summed E-state index contributed by atoms with van der Waals surface area (Å²) < 4.78 is 13.0. The molecule has 0 spiro atoms. The van der Waals surface area contributed by atoms with Crippen LogP contribution in [-0.2, 0) is 5.41 Å². The van der Waals surface area contributed by atoms with Gasteiger partial charge >= 0.3 is 0 Å². The molecule has 1 aromatic carbocycles. The molecule has 0 bridgehead atoms. The zero-order chi connectivity index (χ0) is 10.5. The van der Waals surface area contributed by atoms with Gasteiger partial charge in [-0.25, -0.2) is 4.39 Å². The van der Waals surface area contributed by atoms with Crippen molar-refractivity contribution in [2.75, 3.05) is 0 Å². The highest BCUT2D eigenvalue weighted by atomic mass is 19.1. The van der Waals surface area contributed by atoms with Crippen molar-refractivity contribution in [3.63, 3.8) is 0 Å². The van der Waals surface area contributed by atoms with E-state index in [1.165, 1.54) is 12.1 Å². The van der Waals surface area contributed by atoms with Gasteiger partial charge in [-0.2, -0.15) is 0 Å². The molecule has 1 nitrogen and oxygen atoms in total. The molecule has 1 N–H and O–H groups in total. The molecule has 0 amide bonds. The lowest BCUT2D eigenvalue weighted by Gasteiger charge is -2.04. The summed E-state index contributed by atoms with van der Waals surface area (Å²) in [7, 11) is 0. The number of halogens is 1. The Morgan fingerprint density at radius 1 is 1.40 bits per heavy atom. The molecule has 0 atom stereocenters. The zero-order valence-corrected chi connectivity index (χ0v) is 8.18. The van der Waals surface area contributed by atoms with Crippen LogP contribution in [0.1, 0.15) is 18.4 Å². The van der Waals surface area contributed by atoms with Gasteiger partial charge in [-0.15, -0.1) is 6.42 Å². The molecule has 0 saturated heterocycles. The number of H-pyrrole nitrogens is 1. The van der Waals surface area contributed by atoms with Crippen molar-refractivity contribution in [2.45, 2.75) is 18.3 Å². The van der Waals surface area contributed by atoms with Crippen LogP contribution in [0.3, 0.4) is 0 Å². The molecule has 15 heavy (non-hydrogen) atoms. The monoisotopic (exact) mass is 199 g/mol. The Labute approximate surface area is 87.3 Å². The maximum atomic E-state index is 13.0. The summed E-state index contributed by atoms with van der Waals surface area (Å²) in [6, 6.07) is 4.78. The normalized spacial score (nSPS) is 17.6. The topological polar surface area (TPSA) is 15.8 Å². The van der Waals surface area contributed by atoms with Crippen molar-refractivity contribution in [3.05, 3.63) is 35.8 Å². The fraction of sp³-hybridized carbons (Fsp3) is 0.231. The molecule has 1 aliphatic rings. The van der Waals surface area contributed by atoms with Crippen molar-refractivity contribution in [1.82, 2.24) is 4.98 Å². The predicted octanol–water partition coefficient (Wildman–Crippen LogP) is 2.97. The van der Waals surface area contributed by atoms with Crippen LogP contribution in [0.25, 0.3) is 10.9 Å². The predicted molar refractivity (Wildman–Crippen MR) is 58.0 cm³/mol. The number of hydrogen-bond acceptors (Lipinski definition) is 0. The van der Waals surface area contributed by atoms with Gasteiger partial charge in [0.2, 0.25) is 0 Å². The van der Waals surface area contributed by atoms with Crippen LogP contribution in [0.4, 0.5) is 4.39 Å². The molecular formula is C13H10FN. The molecule has 1 heterocycles. The first-order valence-corrected chi connectivity index (χ1v) is 5.00. The molecule has 2 heteroatoms. The maximum absolute atomic E-state index is 13.0. The van der Waals surface area contributed by atoms with Crippen molar-refractivity contribution in [3.8, 4) is 12.3 Å². The SMILES string of the molecule is C#CC1(c2c[nH]c3cc(F)ccc23)CC1. The third kappa shape index (κ3) is 1.10. The molecule has 3 rings (SSSR count). The van der Waals surface area contributed by atoms with Crippen LogP contribution in [0.5, 0.6) is 0 Å². The number of aromatic nitrogens is 1. The van der Waals surface area contributed by atoms with Gasteiger partial charge in [-0.1, -0.05) is 5.92 Å². The first kappa shape index (κ1) is 8.55. The molecule has 74 valence electrons. The molecule has 1 fully saturated rings. The molecule has 1 saturated carbocycles. The minimum Gasteiger partial charge on any atom is -0.361 e. The second kappa shape index (κ2) is 2.64. The van der Waals surface area contributed by atoms with Crippen LogP contribution < -0.4 is 0 Å². The van der Waals surface area contributed by atoms with Crippen LogP contribution in [0, 0.1) is 18.2 Å². The summed E-state index contributed by atoms with van der Waals surface area (Å²) in [5.74, 6) is 2.63. The Bertz CT molecular complexity index is 570. The lowest BCUT2D eigenvalue weighted by Crippen LogP contribution is -2.00. The van der Waals surface area contributed by atoms with Crippen molar-refractivity contribution in [2.24, 2.45) is 0 Å². The van der Waals surface area contributed by atoms with Gasteiger partial charge in [0, 0.05) is 17.1 Å². The van der Waals surface area contributed by atoms with E-state index < -0.39 is 0 Å². The van der Waals surface area contributed by atoms with Crippen molar-refractivity contribution >= 4 is 10.9 Å². The molecule has 1 aromatic heterocycles. The van der Waals surface area contributed by atoms with Gasteiger partial charge in [-0.3, -0.25) is 0 Å². The third-order valence-corrected chi connectivity index (χ3v) is 3.19. The number of fused-ring (bicyclic) bond motifs is 1. The van der Waals surface area contributed by atoms with Crippen LogP contribution >= 0.6 is 0 Å². The van der Waals surface area contributed by atoms with E-state index in [0.29, 0.717) is 0 Å². The molecule has 0 unspecified atom stereocenters. The van der Waals surface area contributed by atoms with Gasteiger partial charge in [0.15, 0.2) is 0 Å². The summed E-state index contributed by atoms with van der Waals surface area (Å²) in [4.78, 5) is 3.07. The second-order valence-corrected chi connectivity index (χ2v) is 4.12. The van der Waals surface area contributed by atoms with Gasteiger partial charge < -0.3 is 4.98 Å². The maximum Gasteiger partial charge on any atom is 0.125 e. The summed E-state index contributed by atoms with van der Waals surface area (Å²) in [5, 5.41) is 1.05. The highest BCUT2D eigenvalue weighted by Gasteiger charge is 2.44. The number of aromatic amines is 1. The standard InChI is InChI=1S/C13H10FN/c1-2-13(5-6-13)11-8-15-12-7-9(14)3-4-10(11)12/h1,3-4,7-8,15H,5-6H2. The summed E-state index contributed by atoms with van der Waals surface area (Å²) in [6.07, 6.45) is 9.53. The zero-order valence-electron chi connectivity index (χ0n) is 8.18. The lowest BCUT2D eigenvalue weighted by atomic mass is 9.96. The minimum absolute atomic E-state index is 0.0872. The highest BCUT2D eigenvalue weighted by molar-refractivity contribution is 5.85. The minimum atomic E-state index is -0.221. The molecule has 2 aromatic rings. The summed E-state index contributed by atoms with van der Waals surface area (Å²) in [5.41, 5.74) is 1.88. The Morgan fingerprint density at radius 3 is 2.87 bits per heavy atom. The average Bonchev–Trinajstić information content (AvgIpc) is 2.93. The Kier molecular flexibility index (Phi) is 1.50. The second-order valence-electron chi connectivity index (χ2n) is 4.12. The fourth-order valence-corrected chi connectivity index (χ4v) is 2.11. The molecule has 0 aliphatic heterocycles. The van der Waals surface area contributed by atoms with Crippen LogP contribution in [0.15, 0.2) is 24.4 Å². The quantitative estimate of drug-likeness (QED) is 0.679. The van der Waals surface area contributed by atoms with Gasteiger partial charge in [0.05, 0.1) is 5.41 Å². The van der Waals surface area contributed by atoms with Gasteiger partial charge in [0.1, 0.15) is 5.82 Å². The van der Waals surface area contributed by atoms with Gasteiger partial charge in [-0.05, 0) is 36.6 Å². The van der Waals surface area contributed by atoms with E-state index in [0.717, 1.165) is 29.3 Å². The Morgan fingerprint density at radius 2 is 2.20 bits per heavy atom. The number of terminal acetylenes is 1. The first-order chi connectivity index (χ1) is 7.25. The largest absolute Gasteiger partial charge is 0.361 e. The van der Waals surface area contributed by atoms with E-state index in [1.807, 2.05) is 6.20 Å². The van der Waals surface area contributed by atoms with E-state index in [9.17, 15) is 4.39 Å². The fourth-order valence-electron chi connectivity index (χ4n) is 2.11. The summed E-state index contributed by atoms with van der Waals surface area (Å²) in [6.45, 7) is 0. The lowest BCUT2D eigenvalue weighted by molar-refractivity contribution is 0.629. The van der Waals surface area contributed by atoms with E-state index in [-0.39, 0.29) is 11.2 Å². The number of benzene rings is 1. The average molecular weight is 199 g/mol. The van der Waals surface area contributed by atoms with Crippen LogP contribution in [0.2, 0.25) is 0 Å². The van der Waals surface area contributed by atoms with Crippen molar-refractivity contribution in [1.29, 1.82) is 0 Å². The van der Waals surface area contributed by atoms with Gasteiger partial charge in [0.25, 0.3) is 0 Å². The van der Waals surface area contributed by atoms with E-state index >= 15 is 0 Å². The Hall–Kier alpha value is -1.75. The molecule has 1 aliphatic carbocycles. The number of hydrogen-bond donors (Lipinski definition) is 1. The molecule has 0 radical (unpaired) electrons. The molecular weight excluding hydrogens is 189 g/mol. The van der Waals surface area contributed by atoms with Crippen molar-refractivity contribution < 1.29 is 4.39 Å². The third-order valence-electron chi connectivity index (χ3n) is 3.19. The van der Waals surface area contributed by atoms with E-state index in [4.69, 9.17) is 6.42 Å². The number of nitrogens with one attached hydrogen (secondary N) is 1. The summed E-state index contributed by atoms with van der Waals surface area (Å²) >= 11 is 0. The highest BCUT2D eigenvalue weighted by Crippen LogP contribution is 2.49. The smallest absolute Gasteiger partial charge is 0.125 e. The number of rotatable bonds is 1. The van der Waals surface area contributed by atoms with E-state index in [1.54, 1.807) is 6.07 Å². The first-order valence-electron chi connectivity index (χ1n) is 5.00.